The summed E-state index contributed by atoms with van der Waals surface area (Å²) in [6.45, 7) is 0. The Labute approximate surface area is 111 Å². The van der Waals surface area contributed by atoms with Crippen LogP contribution in [-0.4, -0.2) is 4.40 Å². The van der Waals surface area contributed by atoms with E-state index in [0.29, 0.717) is 0 Å². The molecule has 0 aliphatic heterocycles. The molecule has 1 heteroatoms. The fourth-order valence-corrected chi connectivity index (χ4v) is 2.63. The maximum Gasteiger partial charge on any atom is 0.0528 e. The summed E-state index contributed by atoms with van der Waals surface area (Å²) >= 11 is 0. The molecule has 0 aliphatic rings. The van der Waals surface area contributed by atoms with E-state index in [1.165, 1.54) is 27.5 Å². The molecule has 0 atom stereocenters. The summed E-state index contributed by atoms with van der Waals surface area (Å²) < 4.78 is 2.26. The summed E-state index contributed by atoms with van der Waals surface area (Å²) in [5.41, 5.74) is 5.01. The third-order valence-electron chi connectivity index (χ3n) is 3.59. The fraction of sp³-hybridized carbons (Fsp3) is 0. The van der Waals surface area contributed by atoms with Crippen molar-refractivity contribution in [3.05, 3.63) is 79.0 Å². The lowest BCUT2D eigenvalue weighted by atomic mass is 10.1. The number of aromatic nitrogens is 1. The van der Waals surface area contributed by atoms with E-state index in [2.05, 4.69) is 83.4 Å². The van der Waals surface area contributed by atoms with Crippen LogP contribution in [0.2, 0.25) is 0 Å². The van der Waals surface area contributed by atoms with Gasteiger partial charge in [0.1, 0.15) is 0 Å². The highest BCUT2D eigenvalue weighted by atomic mass is 14.9. The molecule has 1 nitrogen and oxygen atoms in total. The van der Waals surface area contributed by atoms with E-state index < -0.39 is 0 Å². The number of pyridine rings is 1. The maximum atomic E-state index is 2.26. The number of nitrogens with zero attached hydrogens (tertiary/aromatic N) is 1. The fourth-order valence-electron chi connectivity index (χ4n) is 2.63. The van der Waals surface area contributed by atoms with Gasteiger partial charge in [-0.3, -0.25) is 0 Å². The maximum absolute atomic E-state index is 2.26. The lowest BCUT2D eigenvalue weighted by Crippen LogP contribution is -1.84. The van der Waals surface area contributed by atoms with Crippen LogP contribution in [0.1, 0.15) is 0 Å². The van der Waals surface area contributed by atoms with Gasteiger partial charge in [0.05, 0.1) is 5.52 Å². The molecule has 0 saturated heterocycles. The van der Waals surface area contributed by atoms with Crippen molar-refractivity contribution in [1.82, 2.24) is 4.40 Å². The number of fused-ring (bicyclic) bond motifs is 3. The molecule has 90 valence electrons. The molecule has 2 aromatic heterocycles. The quantitative estimate of drug-likeness (QED) is 0.454. The zero-order valence-corrected chi connectivity index (χ0v) is 10.5. The number of hydrogen-bond acceptors (Lipinski definition) is 0. The Morgan fingerprint density at radius 2 is 1.42 bits per heavy atom. The Morgan fingerprint density at radius 1 is 0.632 bits per heavy atom. The van der Waals surface area contributed by atoms with E-state index in [1.807, 2.05) is 0 Å². The molecular weight excluding hydrogens is 230 g/mol. The first-order valence-corrected chi connectivity index (χ1v) is 6.47. The van der Waals surface area contributed by atoms with Gasteiger partial charge in [-0.1, -0.05) is 54.6 Å². The average Bonchev–Trinajstić information content (AvgIpc) is 2.93. The van der Waals surface area contributed by atoms with Crippen LogP contribution in [0.5, 0.6) is 0 Å². The zero-order valence-electron chi connectivity index (χ0n) is 10.5. The molecule has 2 aromatic carbocycles. The average molecular weight is 243 g/mol. The van der Waals surface area contributed by atoms with E-state index in [1.54, 1.807) is 0 Å². The molecule has 4 rings (SSSR count). The predicted octanol–water partition coefficient (Wildman–Crippen LogP) is 4.76. The number of para-hydroxylation sites is 1. The molecule has 0 fully saturated rings. The molecule has 0 aliphatic carbocycles. The van der Waals surface area contributed by atoms with Gasteiger partial charge in [0.15, 0.2) is 0 Å². The number of benzene rings is 2. The molecule has 4 aromatic rings. The Bertz CT molecular complexity index is 857. The van der Waals surface area contributed by atoms with Crippen LogP contribution in [0.3, 0.4) is 0 Å². The second kappa shape index (κ2) is 3.99. The van der Waals surface area contributed by atoms with Crippen molar-refractivity contribution in [3.63, 3.8) is 0 Å². The van der Waals surface area contributed by atoms with Gasteiger partial charge in [-0.2, -0.15) is 0 Å². The SMILES string of the molecule is c1ccc(-c2cc3ccc4ccccc4n3c2)cc1. The van der Waals surface area contributed by atoms with Crippen molar-refractivity contribution in [2.75, 3.05) is 0 Å². The largest absolute Gasteiger partial charge is 0.316 e. The van der Waals surface area contributed by atoms with Gasteiger partial charge in [-0.25, -0.2) is 0 Å². The highest BCUT2D eigenvalue weighted by Crippen LogP contribution is 2.25. The first kappa shape index (κ1) is 10.4. The van der Waals surface area contributed by atoms with Gasteiger partial charge in [-0.05, 0) is 29.1 Å². The van der Waals surface area contributed by atoms with Gasteiger partial charge >= 0.3 is 0 Å². The van der Waals surface area contributed by atoms with Crippen LogP contribution >= 0.6 is 0 Å². The topological polar surface area (TPSA) is 4.41 Å². The Hall–Kier alpha value is -2.54. The minimum atomic E-state index is 1.23. The third-order valence-corrected chi connectivity index (χ3v) is 3.59. The van der Waals surface area contributed by atoms with Gasteiger partial charge in [0, 0.05) is 17.3 Å². The Balaban J connectivity index is 2.04. The van der Waals surface area contributed by atoms with E-state index >= 15 is 0 Å². The van der Waals surface area contributed by atoms with Crippen molar-refractivity contribution in [3.8, 4) is 11.1 Å². The first-order chi connectivity index (χ1) is 9.42. The normalized spacial score (nSPS) is 11.2. The van der Waals surface area contributed by atoms with Gasteiger partial charge < -0.3 is 4.40 Å². The predicted molar refractivity (Wildman–Crippen MR) is 80.3 cm³/mol. The minimum Gasteiger partial charge on any atom is -0.316 e. The molecular formula is C18H13N. The summed E-state index contributed by atoms with van der Waals surface area (Å²) in [6.07, 6.45) is 2.22. The van der Waals surface area contributed by atoms with Crippen molar-refractivity contribution in [2.24, 2.45) is 0 Å². The molecule has 0 amide bonds. The van der Waals surface area contributed by atoms with Crippen LogP contribution in [0, 0.1) is 0 Å². The Kier molecular flexibility index (Phi) is 2.18. The van der Waals surface area contributed by atoms with Crippen LogP contribution in [0.25, 0.3) is 27.5 Å². The molecule has 0 spiro atoms. The molecule has 0 radical (unpaired) electrons. The smallest absolute Gasteiger partial charge is 0.0528 e. The van der Waals surface area contributed by atoms with Crippen LogP contribution in [-0.2, 0) is 0 Å². The van der Waals surface area contributed by atoms with E-state index in [4.69, 9.17) is 0 Å². The molecule has 19 heavy (non-hydrogen) atoms. The highest BCUT2D eigenvalue weighted by Gasteiger charge is 2.04. The van der Waals surface area contributed by atoms with E-state index in [0.717, 1.165) is 0 Å². The summed E-state index contributed by atoms with van der Waals surface area (Å²) in [4.78, 5) is 0. The van der Waals surface area contributed by atoms with Gasteiger partial charge in [0.2, 0.25) is 0 Å². The molecule has 0 unspecified atom stereocenters. The molecule has 0 N–H and O–H groups in total. The van der Waals surface area contributed by atoms with Crippen LogP contribution in [0.4, 0.5) is 0 Å². The lowest BCUT2D eigenvalue weighted by Gasteiger charge is -2.01. The van der Waals surface area contributed by atoms with Crippen LogP contribution < -0.4 is 0 Å². The van der Waals surface area contributed by atoms with Crippen molar-refractivity contribution < 1.29 is 0 Å². The number of rotatable bonds is 1. The number of hydrogen-bond donors (Lipinski definition) is 0. The highest BCUT2D eigenvalue weighted by molar-refractivity contribution is 5.85. The van der Waals surface area contributed by atoms with Gasteiger partial charge in [0.25, 0.3) is 0 Å². The monoisotopic (exact) mass is 243 g/mol. The standard InChI is InChI=1S/C18H13N/c1-2-6-14(7-3-1)16-12-17-11-10-15-8-4-5-9-18(15)19(17)13-16/h1-13H. The van der Waals surface area contributed by atoms with E-state index in [-0.39, 0.29) is 0 Å². The zero-order chi connectivity index (χ0) is 12.7. The van der Waals surface area contributed by atoms with Crippen molar-refractivity contribution in [1.29, 1.82) is 0 Å². The van der Waals surface area contributed by atoms with E-state index in [9.17, 15) is 0 Å². The first-order valence-electron chi connectivity index (χ1n) is 6.47. The van der Waals surface area contributed by atoms with Crippen molar-refractivity contribution in [2.45, 2.75) is 0 Å². The lowest BCUT2D eigenvalue weighted by molar-refractivity contribution is 1.27. The Morgan fingerprint density at radius 3 is 2.32 bits per heavy atom. The third kappa shape index (κ3) is 1.63. The molecule has 0 saturated carbocycles. The molecule has 0 bridgehead atoms. The van der Waals surface area contributed by atoms with Gasteiger partial charge in [-0.15, -0.1) is 0 Å². The summed E-state index contributed by atoms with van der Waals surface area (Å²) in [7, 11) is 0. The summed E-state index contributed by atoms with van der Waals surface area (Å²) in [5, 5.41) is 1.27. The second-order valence-corrected chi connectivity index (χ2v) is 4.78. The second-order valence-electron chi connectivity index (χ2n) is 4.78. The van der Waals surface area contributed by atoms with Crippen LogP contribution in [0.15, 0.2) is 79.0 Å². The minimum absolute atomic E-state index is 1.23. The molecule has 2 heterocycles. The summed E-state index contributed by atoms with van der Waals surface area (Å²) in [6, 6.07) is 25.6. The van der Waals surface area contributed by atoms with Crippen molar-refractivity contribution >= 4 is 16.4 Å². The summed E-state index contributed by atoms with van der Waals surface area (Å²) in [5.74, 6) is 0.